The highest BCUT2D eigenvalue weighted by molar-refractivity contribution is 6.30. The Morgan fingerprint density at radius 3 is 2.71 bits per heavy atom. The number of aryl methyl sites for hydroxylation is 1. The van der Waals surface area contributed by atoms with Crippen molar-refractivity contribution < 1.29 is 32.9 Å². The van der Waals surface area contributed by atoms with Crippen LogP contribution >= 0.6 is 11.6 Å². The summed E-state index contributed by atoms with van der Waals surface area (Å²) in [4.78, 5) is 34.8. The molecule has 2 aliphatic rings. The van der Waals surface area contributed by atoms with Crippen LogP contribution in [0.1, 0.15) is 24.4 Å². The molecule has 4 heterocycles. The summed E-state index contributed by atoms with van der Waals surface area (Å²) >= 11 is 6.18. The van der Waals surface area contributed by atoms with Crippen LogP contribution in [0.2, 0.25) is 5.02 Å². The van der Waals surface area contributed by atoms with Gasteiger partial charge < -0.3 is 28.5 Å². The first-order chi connectivity index (χ1) is 20.3. The number of imidazole rings is 1. The van der Waals surface area contributed by atoms with Gasteiger partial charge in [-0.1, -0.05) is 28.9 Å². The molecule has 0 fully saturated rings. The van der Waals surface area contributed by atoms with Gasteiger partial charge in [0.05, 0.1) is 25.2 Å². The second-order valence-corrected chi connectivity index (χ2v) is 10.4. The van der Waals surface area contributed by atoms with E-state index >= 15 is 0 Å². The van der Waals surface area contributed by atoms with E-state index in [0.29, 0.717) is 45.5 Å². The molecule has 1 atom stereocenters. The summed E-state index contributed by atoms with van der Waals surface area (Å²) in [5, 5.41) is 4.66. The van der Waals surface area contributed by atoms with Crippen LogP contribution < -0.4 is 14.0 Å². The van der Waals surface area contributed by atoms with Gasteiger partial charge in [0.2, 0.25) is 13.1 Å². The third-order valence-corrected chi connectivity index (χ3v) is 7.47. The predicted octanol–water partition coefficient (Wildman–Crippen LogP) is 3.87. The Morgan fingerprint density at radius 2 is 1.95 bits per heavy atom. The largest absolute Gasteiger partial charge is 0.458 e. The zero-order chi connectivity index (χ0) is 29.4. The molecule has 216 valence electrons. The number of hydrogen-bond acceptors (Lipinski definition) is 8. The minimum absolute atomic E-state index is 0.0333. The van der Waals surface area contributed by atoms with Gasteiger partial charge in [-0.2, -0.15) is 4.98 Å². The van der Waals surface area contributed by atoms with Crippen LogP contribution in [0.4, 0.5) is 4.79 Å². The van der Waals surface area contributed by atoms with Gasteiger partial charge in [-0.05, 0) is 42.8 Å². The first kappa shape index (κ1) is 27.3. The number of halogens is 1. The van der Waals surface area contributed by atoms with Crippen molar-refractivity contribution in [3.8, 4) is 23.0 Å². The van der Waals surface area contributed by atoms with Crippen LogP contribution in [0.3, 0.4) is 0 Å². The van der Waals surface area contributed by atoms with Crippen LogP contribution in [-0.4, -0.2) is 57.0 Å². The lowest BCUT2D eigenvalue weighted by Gasteiger charge is -2.41. The average Bonchev–Trinajstić information content (AvgIpc) is 3.74. The smallest absolute Gasteiger partial charge is 0.338 e. The maximum Gasteiger partial charge on any atom is 0.338 e. The minimum Gasteiger partial charge on any atom is -0.458 e. The topological polar surface area (TPSA) is 116 Å². The second kappa shape index (κ2) is 11.2. The van der Waals surface area contributed by atoms with E-state index in [1.54, 1.807) is 56.4 Å². The van der Waals surface area contributed by atoms with Gasteiger partial charge in [0.1, 0.15) is 25.5 Å². The number of fused-ring (bicyclic) bond motifs is 1. The van der Waals surface area contributed by atoms with Crippen LogP contribution in [0, 0.1) is 0 Å². The number of nitrogens with zero attached hydrogens (tertiary/aromatic N) is 6. The lowest BCUT2D eigenvalue weighted by Crippen LogP contribution is -2.49. The molecule has 2 amide bonds. The van der Waals surface area contributed by atoms with Gasteiger partial charge in [-0.3, -0.25) is 0 Å². The van der Waals surface area contributed by atoms with E-state index in [0.717, 1.165) is 0 Å². The zero-order valence-corrected chi connectivity index (χ0v) is 23.9. The van der Waals surface area contributed by atoms with Crippen molar-refractivity contribution in [1.82, 2.24) is 24.5 Å². The molecule has 0 aliphatic carbocycles. The molecule has 6 rings (SSSR count). The monoisotopic (exact) mass is 591 g/mol. The SMILES string of the molecule is CC1=C(C(=O)OCCn2cc[n+](C)c2)C(c2ccc(Cl)cc2)N(Cc2noc(-c3ccc4c(c3)OCO4)n2)C(=O)N1C. The lowest BCUT2D eigenvalue weighted by atomic mass is 9.93. The summed E-state index contributed by atoms with van der Waals surface area (Å²) in [6.45, 7) is 2.47. The molecule has 0 N–H and O–H groups in total. The number of esters is 1. The average molecular weight is 592 g/mol. The number of allylic oxidation sites excluding steroid dienone is 1. The summed E-state index contributed by atoms with van der Waals surface area (Å²) in [5.41, 5.74) is 2.15. The van der Waals surface area contributed by atoms with Crippen LogP contribution in [0.25, 0.3) is 11.5 Å². The fourth-order valence-electron chi connectivity index (χ4n) is 4.96. The Bertz CT molecular complexity index is 1680. The molecule has 0 spiro atoms. The number of carbonyl (C=O) groups is 2. The molecule has 2 aromatic carbocycles. The van der Waals surface area contributed by atoms with Crippen LogP contribution in [-0.2, 0) is 29.7 Å². The quantitative estimate of drug-likeness (QED) is 0.224. The van der Waals surface area contributed by atoms with E-state index in [4.69, 9.17) is 30.3 Å². The van der Waals surface area contributed by atoms with Crippen molar-refractivity contribution in [2.24, 2.45) is 7.05 Å². The van der Waals surface area contributed by atoms with Crippen molar-refractivity contribution in [3.05, 3.63) is 88.9 Å². The van der Waals surface area contributed by atoms with Crippen LogP contribution in [0.15, 0.2) is 77.0 Å². The zero-order valence-electron chi connectivity index (χ0n) is 23.2. The molecule has 1 unspecified atom stereocenters. The second-order valence-electron chi connectivity index (χ2n) is 9.96. The third-order valence-electron chi connectivity index (χ3n) is 7.22. The van der Waals surface area contributed by atoms with Gasteiger partial charge >= 0.3 is 12.0 Å². The lowest BCUT2D eigenvalue weighted by molar-refractivity contribution is -0.671. The number of ether oxygens (including phenoxy) is 3. The van der Waals surface area contributed by atoms with Crippen molar-refractivity contribution in [3.63, 3.8) is 0 Å². The summed E-state index contributed by atoms with van der Waals surface area (Å²) < 4.78 is 25.9. The van der Waals surface area contributed by atoms with E-state index in [2.05, 4.69) is 10.1 Å². The van der Waals surface area contributed by atoms with E-state index in [1.165, 1.54) is 9.80 Å². The molecule has 0 bridgehead atoms. The molecule has 0 radical (unpaired) electrons. The molecular weight excluding hydrogens is 564 g/mol. The van der Waals surface area contributed by atoms with Crippen molar-refractivity contribution in [1.29, 1.82) is 0 Å². The molecule has 2 aliphatic heterocycles. The van der Waals surface area contributed by atoms with Gasteiger partial charge in [0, 0.05) is 23.3 Å². The van der Waals surface area contributed by atoms with Crippen molar-refractivity contribution in [2.45, 2.75) is 26.1 Å². The van der Waals surface area contributed by atoms with Crippen molar-refractivity contribution in [2.75, 3.05) is 20.4 Å². The Hall–Kier alpha value is -4.84. The Balaban J connectivity index is 1.29. The predicted molar refractivity (Wildman–Crippen MR) is 148 cm³/mol. The van der Waals surface area contributed by atoms with E-state index in [9.17, 15) is 9.59 Å². The van der Waals surface area contributed by atoms with Gasteiger partial charge in [0.15, 0.2) is 17.3 Å². The Kier molecular flexibility index (Phi) is 7.29. The molecule has 0 saturated carbocycles. The molecular formula is C29H28ClN6O6+. The highest BCUT2D eigenvalue weighted by Crippen LogP contribution is 2.39. The number of hydrogen-bond donors (Lipinski definition) is 0. The van der Waals surface area contributed by atoms with E-state index in [1.807, 2.05) is 34.9 Å². The molecule has 2 aromatic heterocycles. The van der Waals surface area contributed by atoms with Gasteiger partial charge in [0.25, 0.3) is 5.89 Å². The van der Waals surface area contributed by atoms with E-state index in [-0.39, 0.29) is 37.7 Å². The maximum absolute atomic E-state index is 13.7. The number of aromatic nitrogens is 4. The fourth-order valence-corrected chi connectivity index (χ4v) is 5.09. The number of rotatable bonds is 8. The molecule has 42 heavy (non-hydrogen) atoms. The van der Waals surface area contributed by atoms with Gasteiger partial charge in [-0.25, -0.2) is 18.7 Å². The number of urea groups is 1. The summed E-state index contributed by atoms with van der Waals surface area (Å²) in [5.74, 6) is 1.21. The summed E-state index contributed by atoms with van der Waals surface area (Å²) in [6.07, 6.45) is 5.69. The molecule has 4 aromatic rings. The molecule has 13 heteroatoms. The van der Waals surface area contributed by atoms with Gasteiger partial charge in [-0.15, -0.1) is 0 Å². The summed E-state index contributed by atoms with van der Waals surface area (Å²) in [7, 11) is 3.53. The molecule has 12 nitrogen and oxygen atoms in total. The number of carbonyl (C=O) groups excluding carboxylic acids is 2. The van der Waals surface area contributed by atoms with E-state index < -0.39 is 12.0 Å². The minimum atomic E-state index is -0.782. The highest BCUT2D eigenvalue weighted by atomic mass is 35.5. The Labute approximate surface area is 246 Å². The maximum atomic E-state index is 13.7. The normalized spacial score (nSPS) is 16.4. The van der Waals surface area contributed by atoms with Crippen LogP contribution in [0.5, 0.6) is 11.5 Å². The van der Waals surface area contributed by atoms with Crippen molar-refractivity contribution >= 4 is 23.6 Å². The molecule has 0 saturated heterocycles. The number of benzene rings is 2. The Morgan fingerprint density at radius 1 is 1.17 bits per heavy atom. The fraction of sp³-hybridized carbons (Fsp3) is 0.276. The standard InChI is InChI=1S/C29H28ClN6O6/c1-18-25(28(37)39-13-12-35-11-10-33(2)16-35)26(19-4-7-21(30)8-5-19)36(29(38)34(18)3)15-24-31-27(42-32-24)20-6-9-22-23(14-20)41-17-40-22/h4-11,14,16,26H,12-13,15,17H2,1-3H3/q+1. The highest BCUT2D eigenvalue weighted by Gasteiger charge is 2.42. The third kappa shape index (κ3) is 5.28. The first-order valence-corrected chi connectivity index (χ1v) is 13.6. The summed E-state index contributed by atoms with van der Waals surface area (Å²) in [6, 6.07) is 11.2. The first-order valence-electron chi connectivity index (χ1n) is 13.2. The number of amides is 2.